The van der Waals surface area contributed by atoms with Crippen molar-refractivity contribution < 1.29 is 23.8 Å². The molecule has 0 amide bonds. The molecule has 0 aromatic carbocycles. The first-order valence-corrected chi connectivity index (χ1v) is 4.62. The van der Waals surface area contributed by atoms with Gasteiger partial charge in [0.25, 0.3) is 0 Å². The van der Waals surface area contributed by atoms with E-state index in [9.17, 15) is 9.59 Å². The normalized spacial score (nSPS) is 9.75. The van der Waals surface area contributed by atoms with Crippen LogP contribution in [-0.4, -0.2) is 33.3 Å². The van der Waals surface area contributed by atoms with Crippen molar-refractivity contribution in [2.45, 2.75) is 13.3 Å². The molecule has 0 aliphatic rings. The fourth-order valence-electron chi connectivity index (χ4n) is 1.08. The van der Waals surface area contributed by atoms with Gasteiger partial charge in [-0.3, -0.25) is 9.59 Å². The van der Waals surface area contributed by atoms with Crippen molar-refractivity contribution in [1.82, 2.24) is 0 Å². The molecule has 0 rings (SSSR count). The van der Waals surface area contributed by atoms with Gasteiger partial charge in [-0.1, -0.05) is 5.73 Å². The van der Waals surface area contributed by atoms with Crippen molar-refractivity contribution in [3.05, 3.63) is 18.1 Å². The van der Waals surface area contributed by atoms with E-state index in [1.54, 1.807) is 0 Å². The van der Waals surface area contributed by atoms with Crippen LogP contribution in [0.5, 0.6) is 0 Å². The fourth-order valence-corrected chi connectivity index (χ4v) is 1.08. The van der Waals surface area contributed by atoms with Crippen LogP contribution in [-0.2, 0) is 23.8 Å². The number of carbonyl (C=O) groups is 2. The van der Waals surface area contributed by atoms with Gasteiger partial charge in [0.15, 0.2) is 5.41 Å². The Labute approximate surface area is 94.7 Å². The van der Waals surface area contributed by atoms with Gasteiger partial charge in [-0.25, -0.2) is 0 Å². The molecular formula is C11H16O5. The Morgan fingerprint density at radius 2 is 1.69 bits per heavy atom. The highest BCUT2D eigenvalue weighted by Gasteiger charge is 2.42. The molecule has 0 aromatic rings. The summed E-state index contributed by atoms with van der Waals surface area (Å²) < 4.78 is 13.8. The smallest absolute Gasteiger partial charge is 0.323 e. The third kappa shape index (κ3) is 3.44. The van der Waals surface area contributed by atoms with Gasteiger partial charge in [0.2, 0.25) is 0 Å². The number of methoxy groups -OCH3 is 3. The monoisotopic (exact) mass is 228 g/mol. The van der Waals surface area contributed by atoms with Crippen LogP contribution in [0.2, 0.25) is 0 Å². The zero-order chi connectivity index (χ0) is 12.6. The van der Waals surface area contributed by atoms with Crippen molar-refractivity contribution in [3.63, 3.8) is 0 Å². The maximum absolute atomic E-state index is 11.5. The van der Waals surface area contributed by atoms with E-state index < -0.39 is 17.4 Å². The average Bonchev–Trinajstić information content (AvgIpc) is 2.32. The molecular weight excluding hydrogens is 212 g/mol. The Kier molecular flexibility index (Phi) is 5.96. The topological polar surface area (TPSA) is 61.8 Å². The molecule has 5 nitrogen and oxygen atoms in total. The molecule has 0 saturated carbocycles. The lowest BCUT2D eigenvalue weighted by atomic mass is 9.87. The Hall–Kier alpha value is -1.74. The Morgan fingerprint density at radius 3 is 2.06 bits per heavy atom. The molecule has 0 aromatic heterocycles. The number of hydrogen-bond acceptors (Lipinski definition) is 5. The van der Waals surface area contributed by atoms with Crippen molar-refractivity contribution in [1.29, 1.82) is 0 Å². The molecule has 0 fully saturated rings. The molecule has 0 aliphatic carbocycles. The number of esters is 2. The summed E-state index contributed by atoms with van der Waals surface area (Å²) in [5, 5.41) is 0. The first kappa shape index (κ1) is 14.3. The molecule has 0 heterocycles. The summed E-state index contributed by atoms with van der Waals surface area (Å²) in [5.74, 6) is -1.29. The molecule has 90 valence electrons. The van der Waals surface area contributed by atoms with Gasteiger partial charge in [0, 0.05) is 0 Å². The highest BCUT2D eigenvalue weighted by atomic mass is 16.5. The van der Waals surface area contributed by atoms with Crippen molar-refractivity contribution in [2.24, 2.45) is 5.41 Å². The van der Waals surface area contributed by atoms with Gasteiger partial charge < -0.3 is 14.2 Å². The molecule has 5 heteroatoms. The van der Waals surface area contributed by atoms with E-state index in [-0.39, 0.29) is 6.42 Å². The predicted molar refractivity (Wildman–Crippen MR) is 56.4 cm³/mol. The molecule has 16 heavy (non-hydrogen) atoms. The average molecular weight is 228 g/mol. The predicted octanol–water partition coefficient (Wildman–Crippen LogP) is 1.04. The summed E-state index contributed by atoms with van der Waals surface area (Å²) >= 11 is 0. The van der Waals surface area contributed by atoms with E-state index in [1.165, 1.54) is 40.6 Å². The second kappa shape index (κ2) is 6.69. The first-order valence-electron chi connectivity index (χ1n) is 4.62. The zero-order valence-electron chi connectivity index (χ0n) is 9.90. The summed E-state index contributed by atoms with van der Waals surface area (Å²) in [5.41, 5.74) is 1.31. The van der Waals surface area contributed by atoms with Gasteiger partial charge in [0.1, 0.15) is 6.26 Å². The zero-order valence-corrected chi connectivity index (χ0v) is 9.90. The van der Waals surface area contributed by atoms with Gasteiger partial charge in [0.05, 0.1) is 21.3 Å². The maximum atomic E-state index is 11.5. The molecule has 0 N–H and O–H groups in total. The largest absolute Gasteiger partial charge is 0.496 e. The standard InChI is InChI=1S/C11H16O5/c1-11(9(12)15-3,10(13)16-4)7-5-6-8-14-2/h5,8H,7H2,1-4H3. The first-order chi connectivity index (χ1) is 7.52. The molecule has 0 bridgehead atoms. The molecule has 0 unspecified atom stereocenters. The Balaban J connectivity index is 4.88. The van der Waals surface area contributed by atoms with Gasteiger partial charge in [-0.05, 0) is 19.4 Å². The van der Waals surface area contributed by atoms with Gasteiger partial charge in [-0.15, -0.1) is 0 Å². The summed E-state index contributed by atoms with van der Waals surface area (Å²) in [6.07, 6.45) is 2.96. The van der Waals surface area contributed by atoms with Crippen LogP contribution in [0.3, 0.4) is 0 Å². The molecule has 0 spiro atoms. The number of carbonyl (C=O) groups excluding carboxylic acids is 2. The third-order valence-electron chi connectivity index (χ3n) is 2.09. The van der Waals surface area contributed by atoms with Crippen LogP contribution in [0, 0.1) is 5.41 Å². The number of hydrogen-bond donors (Lipinski definition) is 0. The van der Waals surface area contributed by atoms with Gasteiger partial charge >= 0.3 is 11.9 Å². The van der Waals surface area contributed by atoms with E-state index in [4.69, 9.17) is 0 Å². The quantitative estimate of drug-likeness (QED) is 0.304. The second-order valence-electron chi connectivity index (χ2n) is 3.24. The molecule has 0 aliphatic heterocycles. The van der Waals surface area contributed by atoms with Crippen LogP contribution in [0.4, 0.5) is 0 Å². The molecule has 0 saturated heterocycles. The fraction of sp³-hybridized carbons (Fsp3) is 0.545. The van der Waals surface area contributed by atoms with Crippen molar-refractivity contribution in [2.75, 3.05) is 21.3 Å². The summed E-state index contributed by atoms with van der Waals surface area (Å²) in [6.45, 7) is 1.45. The molecule has 0 radical (unpaired) electrons. The van der Waals surface area contributed by atoms with Crippen LogP contribution in [0.15, 0.2) is 18.1 Å². The second-order valence-corrected chi connectivity index (χ2v) is 3.24. The Morgan fingerprint density at radius 1 is 1.19 bits per heavy atom. The lowest BCUT2D eigenvalue weighted by Crippen LogP contribution is -2.38. The van der Waals surface area contributed by atoms with Crippen LogP contribution in [0.25, 0.3) is 0 Å². The van der Waals surface area contributed by atoms with E-state index in [0.717, 1.165) is 0 Å². The summed E-state index contributed by atoms with van der Waals surface area (Å²) in [6, 6.07) is 0. The molecule has 0 atom stereocenters. The highest BCUT2D eigenvalue weighted by molar-refractivity contribution is 5.99. The Bertz CT molecular complexity index is 296. The number of ether oxygens (including phenoxy) is 3. The minimum atomic E-state index is -1.35. The summed E-state index contributed by atoms with van der Waals surface area (Å²) in [7, 11) is 3.91. The number of rotatable bonds is 5. The van der Waals surface area contributed by atoms with Crippen LogP contribution >= 0.6 is 0 Å². The van der Waals surface area contributed by atoms with E-state index in [2.05, 4.69) is 19.9 Å². The van der Waals surface area contributed by atoms with E-state index in [0.29, 0.717) is 0 Å². The minimum Gasteiger partial charge on any atom is -0.496 e. The van der Waals surface area contributed by atoms with Gasteiger partial charge in [-0.2, -0.15) is 0 Å². The van der Waals surface area contributed by atoms with Crippen molar-refractivity contribution >= 4 is 11.9 Å². The van der Waals surface area contributed by atoms with Crippen molar-refractivity contribution in [3.8, 4) is 0 Å². The van der Waals surface area contributed by atoms with E-state index in [1.807, 2.05) is 0 Å². The van der Waals surface area contributed by atoms with Crippen LogP contribution < -0.4 is 0 Å². The van der Waals surface area contributed by atoms with E-state index >= 15 is 0 Å². The SMILES string of the molecule is COC=C=CCC(C)(C(=O)OC)C(=O)OC. The van der Waals surface area contributed by atoms with Crippen LogP contribution in [0.1, 0.15) is 13.3 Å². The third-order valence-corrected chi connectivity index (χ3v) is 2.09. The summed E-state index contributed by atoms with van der Waals surface area (Å²) in [4.78, 5) is 23.0. The lowest BCUT2D eigenvalue weighted by Gasteiger charge is -2.21. The maximum Gasteiger partial charge on any atom is 0.323 e. The lowest BCUT2D eigenvalue weighted by molar-refractivity contribution is -0.167. The minimum absolute atomic E-state index is 0.131. The highest BCUT2D eigenvalue weighted by Crippen LogP contribution is 2.25. The number of allylic oxidation sites excluding steroid dienone is 1.